The Bertz CT molecular complexity index is 1270. The van der Waals surface area contributed by atoms with Gasteiger partial charge in [-0.2, -0.15) is 0 Å². The largest absolute Gasteiger partial charge is 0.488 e. The Morgan fingerprint density at radius 2 is 1.78 bits per heavy atom. The molecule has 45 heavy (non-hydrogen) atoms. The Hall–Kier alpha value is -1.85. The van der Waals surface area contributed by atoms with Crippen LogP contribution in [0.5, 0.6) is 0 Å². The average molecular weight is 632 g/mol. The second-order valence-electron chi connectivity index (χ2n) is 16.6. The number of ether oxygens (including phenoxy) is 4. The van der Waals surface area contributed by atoms with Crippen LogP contribution in [0, 0.1) is 39.4 Å². The lowest BCUT2D eigenvalue weighted by atomic mass is 9.43. The zero-order valence-corrected chi connectivity index (χ0v) is 28.0. The molecule has 0 aromatic carbocycles. The fourth-order valence-corrected chi connectivity index (χ4v) is 12.0. The minimum Gasteiger partial charge on any atom is -0.488 e. The molecular formula is C35H53NO9. The first-order chi connectivity index (χ1) is 20.9. The van der Waals surface area contributed by atoms with Crippen LogP contribution in [-0.2, 0) is 33.3 Å². The van der Waals surface area contributed by atoms with Gasteiger partial charge in [0.25, 0.3) is 0 Å². The van der Waals surface area contributed by atoms with E-state index < -0.39 is 47.1 Å². The first kappa shape index (κ1) is 33.1. The van der Waals surface area contributed by atoms with Gasteiger partial charge >= 0.3 is 5.97 Å². The van der Waals surface area contributed by atoms with Crippen molar-refractivity contribution in [2.45, 2.75) is 142 Å². The highest BCUT2D eigenvalue weighted by Gasteiger charge is 2.84. The molecule has 0 bridgehead atoms. The van der Waals surface area contributed by atoms with E-state index in [1.54, 1.807) is 13.8 Å². The molecule has 4 saturated carbocycles. The summed E-state index contributed by atoms with van der Waals surface area (Å²) in [6.07, 6.45) is 4.58. The number of aliphatic hydroxyl groups is 2. The van der Waals surface area contributed by atoms with Gasteiger partial charge in [0.15, 0.2) is 12.4 Å². The minimum atomic E-state index is -1.33. The van der Waals surface area contributed by atoms with Gasteiger partial charge in [-0.1, -0.05) is 27.7 Å². The molecular weight excluding hydrogens is 578 g/mol. The van der Waals surface area contributed by atoms with Crippen LogP contribution < -0.4 is 5.73 Å². The molecule has 5 aliphatic carbocycles. The Balaban J connectivity index is 1.28. The van der Waals surface area contributed by atoms with Crippen molar-refractivity contribution in [1.82, 2.24) is 0 Å². The van der Waals surface area contributed by atoms with Crippen molar-refractivity contribution < 1.29 is 43.5 Å². The highest BCUT2D eigenvalue weighted by Crippen LogP contribution is 2.87. The number of aliphatic hydroxyl groups excluding tert-OH is 1. The van der Waals surface area contributed by atoms with E-state index in [9.17, 15) is 24.6 Å². The molecule has 0 saturated heterocycles. The Labute approximate surface area is 266 Å². The van der Waals surface area contributed by atoms with Gasteiger partial charge in [-0.3, -0.25) is 9.59 Å². The molecule has 1 aliphatic heterocycles. The predicted molar refractivity (Wildman–Crippen MR) is 163 cm³/mol. The molecule has 0 radical (unpaired) electrons. The summed E-state index contributed by atoms with van der Waals surface area (Å²) < 4.78 is 23.7. The van der Waals surface area contributed by atoms with E-state index in [4.69, 9.17) is 24.7 Å². The van der Waals surface area contributed by atoms with Gasteiger partial charge in [0, 0.05) is 12.3 Å². The van der Waals surface area contributed by atoms with Crippen LogP contribution in [0.1, 0.15) is 99.8 Å². The summed E-state index contributed by atoms with van der Waals surface area (Å²) in [6.45, 7) is 13.2. The Kier molecular flexibility index (Phi) is 7.77. The smallest absolute Gasteiger partial charge is 0.303 e. The van der Waals surface area contributed by atoms with Gasteiger partial charge in [0.2, 0.25) is 6.29 Å². The maximum Gasteiger partial charge on any atom is 0.303 e. The number of hydrogen-bond acceptors (Lipinski definition) is 10. The number of carbonyl (C=O) groups excluding carboxylic acids is 3. The fourth-order valence-electron chi connectivity index (χ4n) is 12.0. The third kappa shape index (κ3) is 4.41. The van der Waals surface area contributed by atoms with E-state index in [2.05, 4.69) is 27.7 Å². The molecule has 0 aromatic rings. The number of aldehydes is 2. The second-order valence-corrected chi connectivity index (χ2v) is 16.6. The highest BCUT2D eigenvalue weighted by atomic mass is 16.7. The van der Waals surface area contributed by atoms with Crippen molar-refractivity contribution in [1.29, 1.82) is 0 Å². The topological polar surface area (TPSA) is 155 Å². The minimum absolute atomic E-state index is 0.0100. The third-order valence-corrected chi connectivity index (χ3v) is 13.7. The summed E-state index contributed by atoms with van der Waals surface area (Å²) in [5.74, 6) is 0.522. The number of carbonyl (C=O) groups is 3. The van der Waals surface area contributed by atoms with Crippen LogP contribution >= 0.6 is 0 Å². The standard InChI is InChI=1S/C35H53NO9/c1-19-16-21(29(31(5,6)41)43-20(2)39)44-27-26(19)32(7)12-13-34-18-33(34)11-10-24(45-25(17-38)42-15-14-37)30(3,4)22(33)8-9-23(34)35(32,36)28(27)40/h14,17,19,21-25,28-29,40-41H,8-13,15-16,18,36H2,1-7H3. The van der Waals surface area contributed by atoms with Crippen molar-refractivity contribution in [3.05, 3.63) is 11.3 Å². The van der Waals surface area contributed by atoms with E-state index in [1.165, 1.54) is 6.92 Å². The molecule has 12 unspecified atom stereocenters. The van der Waals surface area contributed by atoms with Crippen LogP contribution in [0.25, 0.3) is 0 Å². The normalized spacial score (nSPS) is 45.8. The van der Waals surface area contributed by atoms with Gasteiger partial charge in [-0.05, 0) is 105 Å². The first-order valence-electron chi connectivity index (χ1n) is 16.9. The van der Waals surface area contributed by atoms with Crippen LogP contribution in [0.3, 0.4) is 0 Å². The molecule has 2 spiro atoms. The summed E-state index contributed by atoms with van der Waals surface area (Å²) in [5, 5.41) is 23.2. The van der Waals surface area contributed by atoms with Crippen LogP contribution in [0.15, 0.2) is 11.3 Å². The van der Waals surface area contributed by atoms with Gasteiger partial charge in [-0.15, -0.1) is 0 Å². The van der Waals surface area contributed by atoms with Crippen molar-refractivity contribution in [3.63, 3.8) is 0 Å². The molecule has 12 atom stereocenters. The van der Waals surface area contributed by atoms with Crippen LogP contribution in [0.4, 0.5) is 0 Å². The second kappa shape index (κ2) is 10.6. The summed E-state index contributed by atoms with van der Waals surface area (Å²) in [5.41, 5.74) is 5.91. The molecule has 4 fully saturated rings. The maximum atomic E-state index is 12.3. The summed E-state index contributed by atoms with van der Waals surface area (Å²) >= 11 is 0. The van der Waals surface area contributed by atoms with Gasteiger partial charge in [-0.25, -0.2) is 0 Å². The van der Waals surface area contributed by atoms with Crippen molar-refractivity contribution in [2.24, 2.45) is 45.1 Å². The molecule has 1 heterocycles. The molecule has 4 N–H and O–H groups in total. The van der Waals surface area contributed by atoms with Crippen molar-refractivity contribution in [2.75, 3.05) is 6.61 Å². The molecule has 10 nitrogen and oxygen atoms in total. The number of fused-ring (bicyclic) bond motifs is 3. The van der Waals surface area contributed by atoms with E-state index in [0.29, 0.717) is 30.7 Å². The van der Waals surface area contributed by atoms with E-state index in [-0.39, 0.29) is 40.8 Å². The number of esters is 1. The lowest BCUT2D eigenvalue weighted by Gasteiger charge is -2.63. The molecule has 0 aromatic heterocycles. The predicted octanol–water partition coefficient (Wildman–Crippen LogP) is 3.59. The summed E-state index contributed by atoms with van der Waals surface area (Å²) in [4.78, 5) is 34.5. The monoisotopic (exact) mass is 631 g/mol. The van der Waals surface area contributed by atoms with Gasteiger partial charge < -0.3 is 39.7 Å². The van der Waals surface area contributed by atoms with Crippen molar-refractivity contribution >= 4 is 18.5 Å². The zero-order chi connectivity index (χ0) is 33.0. The molecule has 6 rings (SSSR count). The van der Waals surface area contributed by atoms with Gasteiger partial charge in [0.1, 0.15) is 30.9 Å². The average Bonchev–Trinajstić information content (AvgIpc) is 3.59. The third-order valence-electron chi connectivity index (χ3n) is 13.7. The van der Waals surface area contributed by atoms with Crippen LogP contribution in [0.2, 0.25) is 0 Å². The van der Waals surface area contributed by atoms with E-state index >= 15 is 0 Å². The summed E-state index contributed by atoms with van der Waals surface area (Å²) in [7, 11) is 0. The Morgan fingerprint density at radius 1 is 1.11 bits per heavy atom. The lowest BCUT2D eigenvalue weighted by molar-refractivity contribution is -0.218. The first-order valence-corrected chi connectivity index (χ1v) is 16.9. The van der Waals surface area contributed by atoms with E-state index in [0.717, 1.165) is 50.5 Å². The highest BCUT2D eigenvalue weighted by molar-refractivity contribution is 5.66. The number of nitrogens with two attached hydrogens (primary N) is 1. The van der Waals surface area contributed by atoms with Crippen LogP contribution in [-0.4, -0.2) is 77.2 Å². The Morgan fingerprint density at radius 3 is 2.40 bits per heavy atom. The van der Waals surface area contributed by atoms with Gasteiger partial charge in [0.05, 0.1) is 17.2 Å². The molecule has 10 heteroatoms. The molecule has 252 valence electrons. The molecule has 0 amide bonds. The summed E-state index contributed by atoms with van der Waals surface area (Å²) in [6, 6.07) is 0. The fraction of sp³-hybridized carbons (Fsp3) is 0.857. The maximum absolute atomic E-state index is 12.3. The number of hydrogen-bond donors (Lipinski definition) is 3. The zero-order valence-electron chi connectivity index (χ0n) is 28.0. The number of rotatable bonds is 9. The molecule has 6 aliphatic rings. The van der Waals surface area contributed by atoms with Crippen molar-refractivity contribution in [3.8, 4) is 0 Å². The quantitative estimate of drug-likeness (QED) is 0.195. The van der Waals surface area contributed by atoms with E-state index in [1.807, 2.05) is 0 Å². The SMILES string of the molecule is CC(=O)OC(C1CC(C)C2=C(O1)C(O)C1(N)C3CCC4C(C)(C)C(OC(C=O)OCC=O)CCC45CC35CCC21C)C(C)(C)O. The lowest BCUT2D eigenvalue weighted by Crippen LogP contribution is -2.70.